The molecule has 0 heterocycles. The highest BCUT2D eigenvalue weighted by atomic mass is 16.1. The lowest BCUT2D eigenvalue weighted by molar-refractivity contribution is -0.131. The van der Waals surface area contributed by atoms with Crippen LogP contribution < -0.4 is 5.73 Å². The molecule has 0 aromatic heterocycles. The maximum Gasteiger partial charge on any atom is 0.223 e. The maximum absolute atomic E-state index is 10.8. The van der Waals surface area contributed by atoms with Crippen molar-refractivity contribution in [2.75, 3.05) is 0 Å². The molecular weight excluding hydrogens is 114 g/mol. The van der Waals surface area contributed by atoms with Gasteiger partial charge in [0.05, 0.1) is 0 Å². The molecule has 3 fully saturated rings. The fourth-order valence-electron chi connectivity index (χ4n) is 2.26. The normalized spacial score (nSPS) is 46.4. The van der Waals surface area contributed by atoms with E-state index in [0.717, 1.165) is 25.2 Å². The summed E-state index contributed by atoms with van der Waals surface area (Å²) in [5, 5.41) is 0. The number of hydrogen-bond donors (Lipinski definition) is 1. The zero-order valence-corrected chi connectivity index (χ0v) is 5.39. The van der Waals surface area contributed by atoms with Crippen molar-refractivity contribution in [2.24, 2.45) is 17.1 Å². The molecule has 3 saturated carbocycles. The molecule has 0 atom stereocenters. The van der Waals surface area contributed by atoms with Gasteiger partial charge in [-0.1, -0.05) is 0 Å². The summed E-state index contributed by atoms with van der Waals surface area (Å²) in [7, 11) is 0. The van der Waals surface area contributed by atoms with Crippen LogP contribution in [0.3, 0.4) is 0 Å². The molecule has 2 nitrogen and oxygen atoms in total. The SMILES string of the molecule is NC(=O)C12CCC(C1)C2. The lowest BCUT2D eigenvalue weighted by Crippen LogP contribution is -2.40. The second kappa shape index (κ2) is 1.31. The second-order valence-electron chi connectivity index (χ2n) is 3.46. The molecule has 0 radical (unpaired) electrons. The van der Waals surface area contributed by atoms with Crippen molar-refractivity contribution in [1.29, 1.82) is 0 Å². The van der Waals surface area contributed by atoms with Gasteiger partial charge in [-0.05, 0) is 31.6 Å². The van der Waals surface area contributed by atoms with E-state index in [1.54, 1.807) is 0 Å². The highest BCUT2D eigenvalue weighted by Crippen LogP contribution is 2.58. The van der Waals surface area contributed by atoms with Crippen molar-refractivity contribution in [3.05, 3.63) is 0 Å². The third-order valence-electron chi connectivity index (χ3n) is 2.91. The topological polar surface area (TPSA) is 43.1 Å². The first kappa shape index (κ1) is 5.27. The lowest BCUT2D eigenvalue weighted by Gasteiger charge is -2.34. The Labute approximate surface area is 54.4 Å². The predicted molar refractivity (Wildman–Crippen MR) is 33.6 cm³/mol. The average molecular weight is 125 g/mol. The number of fused-ring (bicyclic) bond motifs is 1. The summed E-state index contributed by atoms with van der Waals surface area (Å²) in [6.45, 7) is 0. The van der Waals surface area contributed by atoms with Gasteiger partial charge in [-0.3, -0.25) is 4.79 Å². The van der Waals surface area contributed by atoms with Crippen LogP contribution in [0.2, 0.25) is 0 Å². The van der Waals surface area contributed by atoms with E-state index in [1.165, 1.54) is 6.42 Å². The fraction of sp³-hybridized carbons (Fsp3) is 0.857. The van der Waals surface area contributed by atoms with Gasteiger partial charge in [-0.15, -0.1) is 0 Å². The molecule has 0 aromatic carbocycles. The minimum atomic E-state index is -0.0590. The molecule has 2 heteroatoms. The van der Waals surface area contributed by atoms with Crippen LogP contribution in [-0.4, -0.2) is 5.91 Å². The Morgan fingerprint density at radius 3 is 2.44 bits per heavy atom. The Morgan fingerprint density at radius 2 is 2.22 bits per heavy atom. The van der Waals surface area contributed by atoms with Gasteiger partial charge < -0.3 is 5.73 Å². The van der Waals surface area contributed by atoms with Crippen LogP contribution in [-0.2, 0) is 4.79 Å². The molecule has 0 spiro atoms. The van der Waals surface area contributed by atoms with E-state index in [9.17, 15) is 4.79 Å². The highest BCUT2D eigenvalue weighted by Gasteiger charge is 2.54. The zero-order valence-electron chi connectivity index (χ0n) is 5.39. The molecule has 0 unspecified atom stereocenters. The van der Waals surface area contributed by atoms with Crippen molar-refractivity contribution in [1.82, 2.24) is 0 Å². The van der Waals surface area contributed by atoms with E-state index in [2.05, 4.69) is 0 Å². The van der Waals surface area contributed by atoms with Gasteiger partial charge in [-0.2, -0.15) is 0 Å². The highest BCUT2D eigenvalue weighted by molar-refractivity contribution is 5.82. The summed E-state index contributed by atoms with van der Waals surface area (Å²) < 4.78 is 0. The molecule has 0 saturated heterocycles. The standard InChI is InChI=1S/C7H11NO/c8-6(9)7-2-1-5(3-7)4-7/h5H,1-4H2,(H2,8,9). The van der Waals surface area contributed by atoms with E-state index >= 15 is 0 Å². The molecular formula is C7H11NO. The molecule has 2 N–H and O–H groups in total. The minimum absolute atomic E-state index is 0.0231. The predicted octanol–water partition coefficient (Wildman–Crippen LogP) is 0.662. The Balaban J connectivity index is 2.19. The number of carbonyl (C=O) groups excluding carboxylic acids is 1. The second-order valence-corrected chi connectivity index (χ2v) is 3.46. The van der Waals surface area contributed by atoms with Crippen LogP contribution in [0.4, 0.5) is 0 Å². The van der Waals surface area contributed by atoms with Crippen molar-refractivity contribution in [2.45, 2.75) is 25.7 Å². The van der Waals surface area contributed by atoms with Gasteiger partial charge in [-0.25, -0.2) is 0 Å². The van der Waals surface area contributed by atoms with Crippen molar-refractivity contribution < 1.29 is 4.79 Å². The number of amides is 1. The van der Waals surface area contributed by atoms with E-state index < -0.39 is 0 Å². The van der Waals surface area contributed by atoms with Crippen molar-refractivity contribution >= 4 is 5.91 Å². The van der Waals surface area contributed by atoms with Crippen LogP contribution in [0.15, 0.2) is 0 Å². The van der Waals surface area contributed by atoms with Crippen LogP contribution in [0.5, 0.6) is 0 Å². The van der Waals surface area contributed by atoms with Crippen LogP contribution in [0, 0.1) is 11.3 Å². The molecule has 3 aliphatic carbocycles. The van der Waals surface area contributed by atoms with Gasteiger partial charge in [0.25, 0.3) is 0 Å². The smallest absolute Gasteiger partial charge is 0.223 e. The monoisotopic (exact) mass is 125 g/mol. The Hall–Kier alpha value is -0.530. The Kier molecular flexibility index (Phi) is 0.765. The number of hydrogen-bond acceptors (Lipinski definition) is 1. The molecule has 3 rings (SSSR count). The van der Waals surface area contributed by atoms with E-state index in [-0.39, 0.29) is 11.3 Å². The quantitative estimate of drug-likeness (QED) is 0.549. The zero-order chi connectivity index (χ0) is 6.48. The molecule has 2 bridgehead atoms. The van der Waals surface area contributed by atoms with Crippen LogP contribution >= 0.6 is 0 Å². The molecule has 0 aliphatic heterocycles. The first-order valence-electron chi connectivity index (χ1n) is 3.53. The van der Waals surface area contributed by atoms with Gasteiger partial charge in [0, 0.05) is 5.41 Å². The van der Waals surface area contributed by atoms with Gasteiger partial charge in [0.2, 0.25) is 5.91 Å². The third-order valence-corrected chi connectivity index (χ3v) is 2.91. The summed E-state index contributed by atoms with van der Waals surface area (Å²) >= 11 is 0. The minimum Gasteiger partial charge on any atom is -0.369 e. The van der Waals surface area contributed by atoms with Gasteiger partial charge in [0.1, 0.15) is 0 Å². The maximum atomic E-state index is 10.8. The van der Waals surface area contributed by atoms with E-state index in [4.69, 9.17) is 5.73 Å². The average Bonchev–Trinajstić information content (AvgIpc) is 2.13. The van der Waals surface area contributed by atoms with Crippen molar-refractivity contribution in [3.8, 4) is 0 Å². The van der Waals surface area contributed by atoms with Gasteiger partial charge >= 0.3 is 0 Å². The fourth-order valence-corrected chi connectivity index (χ4v) is 2.26. The number of rotatable bonds is 1. The lowest BCUT2D eigenvalue weighted by atomic mass is 9.69. The van der Waals surface area contributed by atoms with E-state index in [0.29, 0.717) is 0 Å². The van der Waals surface area contributed by atoms with Crippen molar-refractivity contribution in [3.63, 3.8) is 0 Å². The molecule has 0 aromatic rings. The first-order chi connectivity index (χ1) is 4.23. The Bertz CT molecular complexity index is 153. The van der Waals surface area contributed by atoms with Gasteiger partial charge in [0.15, 0.2) is 0 Å². The molecule has 3 aliphatic rings. The number of primary amides is 1. The molecule has 1 amide bonds. The first-order valence-corrected chi connectivity index (χ1v) is 3.53. The number of nitrogens with two attached hydrogens (primary N) is 1. The summed E-state index contributed by atoms with van der Waals surface area (Å²) in [5.74, 6) is 0.786. The van der Waals surface area contributed by atoms with E-state index in [1.807, 2.05) is 0 Å². The van der Waals surface area contributed by atoms with Crippen LogP contribution in [0.25, 0.3) is 0 Å². The van der Waals surface area contributed by atoms with Crippen LogP contribution in [0.1, 0.15) is 25.7 Å². The molecule has 9 heavy (non-hydrogen) atoms. The summed E-state index contributed by atoms with van der Waals surface area (Å²) in [6.07, 6.45) is 4.47. The summed E-state index contributed by atoms with van der Waals surface area (Å²) in [4.78, 5) is 10.8. The number of carbonyl (C=O) groups is 1. The third kappa shape index (κ3) is 0.485. The molecule has 50 valence electrons. The largest absolute Gasteiger partial charge is 0.369 e. The Morgan fingerprint density at radius 1 is 1.56 bits per heavy atom. The summed E-state index contributed by atoms with van der Waals surface area (Å²) in [6, 6.07) is 0. The summed E-state index contributed by atoms with van der Waals surface area (Å²) in [5.41, 5.74) is 5.21.